The molecule has 0 spiro atoms. The van der Waals surface area contributed by atoms with Crippen LogP contribution in [0.2, 0.25) is 0 Å². The first-order valence-electron chi connectivity index (χ1n) is 5.62. The Balaban J connectivity index is 1.79. The van der Waals surface area contributed by atoms with Gasteiger partial charge >= 0.3 is 0 Å². The molecular formula is C14H13BrFNO. The topological polar surface area (TPSA) is 21.3 Å². The normalized spacial score (nSPS) is 10.1. The van der Waals surface area contributed by atoms with Crippen molar-refractivity contribution in [1.82, 2.24) is 0 Å². The van der Waals surface area contributed by atoms with E-state index in [0.717, 1.165) is 5.69 Å². The fourth-order valence-corrected chi connectivity index (χ4v) is 1.84. The van der Waals surface area contributed by atoms with E-state index in [0.29, 0.717) is 17.6 Å². The number of ether oxygens (including phenoxy) is 1. The fourth-order valence-electron chi connectivity index (χ4n) is 1.50. The van der Waals surface area contributed by atoms with Crippen molar-refractivity contribution in [3.05, 3.63) is 58.8 Å². The molecule has 18 heavy (non-hydrogen) atoms. The number of rotatable bonds is 5. The van der Waals surface area contributed by atoms with E-state index >= 15 is 0 Å². The number of anilines is 1. The molecule has 0 aliphatic heterocycles. The molecule has 0 atom stereocenters. The quantitative estimate of drug-likeness (QED) is 0.840. The largest absolute Gasteiger partial charge is 0.489 e. The number of halogens is 2. The minimum Gasteiger partial charge on any atom is -0.489 e. The lowest BCUT2D eigenvalue weighted by Gasteiger charge is -2.09. The lowest BCUT2D eigenvalue weighted by Crippen LogP contribution is -2.11. The van der Waals surface area contributed by atoms with E-state index in [2.05, 4.69) is 21.2 Å². The molecule has 0 unspecified atom stereocenters. The first kappa shape index (κ1) is 12.9. The van der Waals surface area contributed by atoms with E-state index in [-0.39, 0.29) is 11.6 Å². The van der Waals surface area contributed by atoms with Crippen LogP contribution in [0.1, 0.15) is 0 Å². The molecule has 0 radical (unpaired) electrons. The second kappa shape index (κ2) is 6.40. The first-order valence-corrected chi connectivity index (χ1v) is 6.42. The van der Waals surface area contributed by atoms with Crippen molar-refractivity contribution >= 4 is 21.6 Å². The summed E-state index contributed by atoms with van der Waals surface area (Å²) < 4.78 is 19.5. The van der Waals surface area contributed by atoms with E-state index in [4.69, 9.17) is 4.74 Å². The van der Waals surface area contributed by atoms with Gasteiger partial charge in [0.1, 0.15) is 6.61 Å². The predicted molar refractivity (Wildman–Crippen MR) is 74.5 cm³/mol. The maximum atomic E-state index is 13.4. The zero-order chi connectivity index (χ0) is 12.8. The van der Waals surface area contributed by atoms with Crippen LogP contribution in [0.5, 0.6) is 5.75 Å². The zero-order valence-electron chi connectivity index (χ0n) is 9.70. The Hall–Kier alpha value is -1.55. The van der Waals surface area contributed by atoms with Crippen LogP contribution in [-0.2, 0) is 0 Å². The van der Waals surface area contributed by atoms with E-state index in [1.54, 1.807) is 12.1 Å². The molecule has 0 aliphatic carbocycles. The van der Waals surface area contributed by atoms with Crippen LogP contribution in [-0.4, -0.2) is 13.2 Å². The number of para-hydroxylation sites is 1. The molecular weight excluding hydrogens is 297 g/mol. The minimum absolute atomic E-state index is 0.271. The van der Waals surface area contributed by atoms with Gasteiger partial charge in [-0.3, -0.25) is 0 Å². The SMILES string of the molecule is Fc1cc(Br)ccc1OCCNc1ccccc1. The third-order valence-electron chi connectivity index (χ3n) is 2.36. The molecule has 1 N–H and O–H groups in total. The highest BCUT2D eigenvalue weighted by Crippen LogP contribution is 2.21. The van der Waals surface area contributed by atoms with Crippen molar-refractivity contribution in [3.63, 3.8) is 0 Å². The summed E-state index contributed by atoms with van der Waals surface area (Å²) in [5, 5.41) is 3.19. The Morgan fingerprint density at radius 1 is 1.11 bits per heavy atom. The van der Waals surface area contributed by atoms with Gasteiger partial charge in [0.05, 0.1) is 0 Å². The van der Waals surface area contributed by atoms with Crippen LogP contribution in [0, 0.1) is 5.82 Å². The van der Waals surface area contributed by atoms with Crippen molar-refractivity contribution in [3.8, 4) is 5.75 Å². The molecule has 0 saturated heterocycles. The van der Waals surface area contributed by atoms with E-state index < -0.39 is 0 Å². The number of benzene rings is 2. The summed E-state index contributed by atoms with van der Waals surface area (Å²) in [5.41, 5.74) is 1.03. The Kier molecular flexibility index (Phi) is 4.59. The third-order valence-corrected chi connectivity index (χ3v) is 2.85. The second-order valence-corrected chi connectivity index (χ2v) is 4.63. The molecule has 0 fully saturated rings. The fraction of sp³-hybridized carbons (Fsp3) is 0.143. The molecule has 2 nitrogen and oxygen atoms in total. The molecule has 94 valence electrons. The standard InChI is InChI=1S/C14H13BrFNO/c15-11-6-7-14(13(16)10-11)18-9-8-17-12-4-2-1-3-5-12/h1-7,10,17H,8-9H2. The molecule has 0 heterocycles. The average molecular weight is 310 g/mol. The second-order valence-electron chi connectivity index (χ2n) is 3.72. The van der Waals surface area contributed by atoms with Crippen LogP contribution < -0.4 is 10.1 Å². The van der Waals surface area contributed by atoms with Crippen LogP contribution >= 0.6 is 15.9 Å². The highest BCUT2D eigenvalue weighted by atomic mass is 79.9. The van der Waals surface area contributed by atoms with Crippen LogP contribution in [0.25, 0.3) is 0 Å². The van der Waals surface area contributed by atoms with E-state index in [9.17, 15) is 4.39 Å². The van der Waals surface area contributed by atoms with Gasteiger partial charge in [-0.05, 0) is 30.3 Å². The van der Waals surface area contributed by atoms with Crippen LogP contribution in [0.3, 0.4) is 0 Å². The van der Waals surface area contributed by atoms with Crippen molar-refractivity contribution in [1.29, 1.82) is 0 Å². The Morgan fingerprint density at radius 2 is 1.89 bits per heavy atom. The van der Waals surface area contributed by atoms with Crippen molar-refractivity contribution < 1.29 is 9.13 Å². The summed E-state index contributed by atoms with van der Waals surface area (Å²) in [6.07, 6.45) is 0. The summed E-state index contributed by atoms with van der Waals surface area (Å²) in [4.78, 5) is 0. The molecule has 0 bridgehead atoms. The lowest BCUT2D eigenvalue weighted by atomic mass is 10.3. The Bertz CT molecular complexity index is 504. The first-order chi connectivity index (χ1) is 8.75. The number of nitrogens with one attached hydrogen (secondary N) is 1. The van der Waals surface area contributed by atoms with Gasteiger partial charge in [0.25, 0.3) is 0 Å². The van der Waals surface area contributed by atoms with Crippen molar-refractivity contribution in [2.24, 2.45) is 0 Å². The van der Waals surface area contributed by atoms with Gasteiger partial charge < -0.3 is 10.1 Å². The molecule has 0 aliphatic rings. The zero-order valence-corrected chi connectivity index (χ0v) is 11.3. The van der Waals surface area contributed by atoms with Gasteiger partial charge in [0.2, 0.25) is 0 Å². The minimum atomic E-state index is -0.357. The highest BCUT2D eigenvalue weighted by molar-refractivity contribution is 9.10. The number of hydrogen-bond donors (Lipinski definition) is 1. The van der Waals surface area contributed by atoms with Gasteiger partial charge in [0.15, 0.2) is 11.6 Å². The molecule has 2 rings (SSSR count). The predicted octanol–water partition coefficient (Wildman–Crippen LogP) is 4.08. The summed E-state index contributed by atoms with van der Waals surface area (Å²) in [7, 11) is 0. The van der Waals surface area contributed by atoms with Gasteiger partial charge in [-0.25, -0.2) is 4.39 Å². The van der Waals surface area contributed by atoms with Gasteiger partial charge in [-0.2, -0.15) is 0 Å². The lowest BCUT2D eigenvalue weighted by molar-refractivity contribution is 0.315. The highest BCUT2D eigenvalue weighted by Gasteiger charge is 2.03. The van der Waals surface area contributed by atoms with Crippen molar-refractivity contribution in [2.45, 2.75) is 0 Å². The summed E-state index contributed by atoms with van der Waals surface area (Å²) >= 11 is 3.20. The number of hydrogen-bond acceptors (Lipinski definition) is 2. The maximum Gasteiger partial charge on any atom is 0.166 e. The Labute approximate surface area is 114 Å². The average Bonchev–Trinajstić information content (AvgIpc) is 2.38. The molecule has 2 aromatic carbocycles. The molecule has 0 aromatic heterocycles. The van der Waals surface area contributed by atoms with Crippen molar-refractivity contribution in [2.75, 3.05) is 18.5 Å². The summed E-state index contributed by atoms with van der Waals surface area (Å²) in [5.74, 6) is -0.0860. The van der Waals surface area contributed by atoms with Crippen LogP contribution in [0.15, 0.2) is 53.0 Å². The summed E-state index contributed by atoms with van der Waals surface area (Å²) in [6.45, 7) is 1.03. The van der Waals surface area contributed by atoms with Gasteiger partial charge in [-0.1, -0.05) is 34.1 Å². The maximum absolute atomic E-state index is 13.4. The van der Waals surface area contributed by atoms with E-state index in [1.807, 2.05) is 30.3 Å². The Morgan fingerprint density at radius 3 is 2.61 bits per heavy atom. The molecule has 0 saturated carbocycles. The molecule has 2 aromatic rings. The van der Waals surface area contributed by atoms with Gasteiger partial charge in [0, 0.05) is 16.7 Å². The molecule has 4 heteroatoms. The third kappa shape index (κ3) is 3.74. The monoisotopic (exact) mass is 309 g/mol. The smallest absolute Gasteiger partial charge is 0.166 e. The van der Waals surface area contributed by atoms with Crippen LogP contribution in [0.4, 0.5) is 10.1 Å². The summed E-state index contributed by atoms with van der Waals surface area (Å²) in [6, 6.07) is 14.6. The van der Waals surface area contributed by atoms with E-state index in [1.165, 1.54) is 6.07 Å². The van der Waals surface area contributed by atoms with Gasteiger partial charge in [-0.15, -0.1) is 0 Å². The molecule has 0 amide bonds.